The lowest BCUT2D eigenvalue weighted by molar-refractivity contribution is 0.0992. The Morgan fingerprint density at radius 2 is 1.82 bits per heavy atom. The maximum atomic E-state index is 13.8. The van der Waals surface area contributed by atoms with Gasteiger partial charge in [0.25, 0.3) is 10.0 Å². The molecule has 200 valence electrons. The van der Waals surface area contributed by atoms with Crippen LogP contribution in [0.25, 0.3) is 0 Å². The molecule has 0 bridgehead atoms. The molecule has 11 heteroatoms. The molecule has 1 N–H and O–H groups in total. The minimum absolute atomic E-state index is 0.0358. The third-order valence-electron chi connectivity index (χ3n) is 5.95. The van der Waals surface area contributed by atoms with E-state index in [0.29, 0.717) is 16.9 Å². The van der Waals surface area contributed by atoms with E-state index in [1.165, 1.54) is 16.6 Å². The van der Waals surface area contributed by atoms with Crippen molar-refractivity contribution in [2.45, 2.75) is 50.7 Å². The molecular formula is C27H27Cl2N3O5S. The molecule has 3 aromatic rings. The minimum Gasteiger partial charge on any atom is -0.447 e. The van der Waals surface area contributed by atoms with Crippen molar-refractivity contribution in [2.24, 2.45) is 0 Å². The van der Waals surface area contributed by atoms with Crippen molar-refractivity contribution in [1.29, 1.82) is 0 Å². The summed E-state index contributed by atoms with van der Waals surface area (Å²) >= 11 is 12.4. The van der Waals surface area contributed by atoms with Gasteiger partial charge in [0.05, 0.1) is 50.6 Å². The number of nitrogens with zero attached hydrogens (tertiary/aromatic N) is 2. The van der Waals surface area contributed by atoms with Crippen LogP contribution < -0.4 is 9.62 Å². The minimum atomic E-state index is -4.03. The van der Waals surface area contributed by atoms with Crippen LogP contribution in [0, 0.1) is 6.92 Å². The van der Waals surface area contributed by atoms with Crippen molar-refractivity contribution in [2.75, 3.05) is 10.8 Å². The highest BCUT2D eigenvalue weighted by molar-refractivity contribution is 7.92. The first-order chi connectivity index (χ1) is 18.0. The lowest BCUT2D eigenvalue weighted by Crippen LogP contribution is -2.50. The number of alkyl carbamates (subject to hydrolysis) is 1. The number of aryl methyl sites for hydroxylation is 1. The van der Waals surface area contributed by atoms with Crippen LogP contribution in [0.3, 0.4) is 0 Å². The summed E-state index contributed by atoms with van der Waals surface area (Å²) in [5.74, 6) is -0.317. The summed E-state index contributed by atoms with van der Waals surface area (Å²) in [6.07, 6.45) is 0.758. The van der Waals surface area contributed by atoms with E-state index in [1.54, 1.807) is 63.2 Å². The number of ether oxygens (including phenoxy) is 1. The number of amides is 1. The number of carbonyl (C=O) groups excluding carboxylic acids is 2. The Morgan fingerprint density at radius 1 is 1.13 bits per heavy atom. The van der Waals surface area contributed by atoms with Crippen molar-refractivity contribution in [3.8, 4) is 0 Å². The number of Topliss-reactive ketones (excluding diaryl/α,β-unsaturated/α-hetero) is 1. The summed E-state index contributed by atoms with van der Waals surface area (Å²) in [7, 11) is -4.03. The largest absolute Gasteiger partial charge is 0.447 e. The molecule has 38 heavy (non-hydrogen) atoms. The third kappa shape index (κ3) is 6.11. The van der Waals surface area contributed by atoms with E-state index in [9.17, 15) is 18.0 Å². The van der Waals surface area contributed by atoms with Crippen LogP contribution in [0.15, 0.2) is 59.6 Å². The molecule has 0 radical (unpaired) electrons. The number of halogens is 2. The van der Waals surface area contributed by atoms with E-state index in [4.69, 9.17) is 27.9 Å². The van der Waals surface area contributed by atoms with Crippen LogP contribution in [0.4, 0.5) is 10.5 Å². The third-order valence-corrected chi connectivity index (χ3v) is 8.35. The van der Waals surface area contributed by atoms with Gasteiger partial charge in [-0.3, -0.25) is 14.1 Å². The molecule has 2 aromatic carbocycles. The highest BCUT2D eigenvalue weighted by Crippen LogP contribution is 2.33. The van der Waals surface area contributed by atoms with Crippen molar-refractivity contribution < 1.29 is 22.7 Å². The summed E-state index contributed by atoms with van der Waals surface area (Å²) < 4.78 is 34.0. The number of ketones is 1. The Labute approximate surface area is 232 Å². The van der Waals surface area contributed by atoms with Gasteiger partial charge in [0.15, 0.2) is 5.78 Å². The van der Waals surface area contributed by atoms with Gasteiger partial charge < -0.3 is 10.1 Å². The molecule has 2 heterocycles. The van der Waals surface area contributed by atoms with Gasteiger partial charge in [-0.1, -0.05) is 41.4 Å². The Kier molecular flexibility index (Phi) is 8.30. The molecule has 0 unspecified atom stereocenters. The predicted octanol–water partition coefficient (Wildman–Crippen LogP) is 5.38. The van der Waals surface area contributed by atoms with Crippen LogP contribution in [-0.4, -0.2) is 44.0 Å². The molecule has 0 saturated heterocycles. The highest BCUT2D eigenvalue weighted by Gasteiger charge is 2.35. The Morgan fingerprint density at radius 3 is 2.47 bits per heavy atom. The second-order valence-corrected chi connectivity index (χ2v) is 12.0. The number of nitrogens with one attached hydrogen (secondary N) is 1. The van der Waals surface area contributed by atoms with Crippen molar-refractivity contribution in [3.63, 3.8) is 0 Å². The molecule has 4 rings (SSSR count). The molecule has 1 amide bonds. The Balaban J connectivity index is 1.71. The molecule has 8 nitrogen and oxygen atoms in total. The summed E-state index contributed by atoms with van der Waals surface area (Å²) in [6, 6.07) is 12.5. The number of aromatic nitrogens is 1. The SMILES string of the molecule is Cc1cccc(S(=O)(=O)N2C[C@H](NC(=O)OC(C)C)Cc3ncc(CC(=O)c4c(Cl)cccc4Cl)cc32)c1. The zero-order valence-electron chi connectivity index (χ0n) is 21.1. The number of hydrogen-bond donors (Lipinski definition) is 1. The van der Waals surface area contributed by atoms with Gasteiger partial charge in [0, 0.05) is 19.0 Å². The number of hydrogen-bond acceptors (Lipinski definition) is 6. The second kappa shape index (κ2) is 11.3. The van der Waals surface area contributed by atoms with Crippen molar-refractivity contribution >= 4 is 50.8 Å². The topological polar surface area (TPSA) is 106 Å². The molecule has 1 aliphatic heterocycles. The summed E-state index contributed by atoms with van der Waals surface area (Å²) in [6.45, 7) is 5.22. The number of fused-ring (bicyclic) bond motifs is 1. The van der Waals surface area contributed by atoms with Crippen molar-refractivity contribution in [1.82, 2.24) is 10.3 Å². The first-order valence-electron chi connectivity index (χ1n) is 12.0. The number of anilines is 1. The average Bonchev–Trinajstić information content (AvgIpc) is 2.83. The first kappa shape index (κ1) is 27.9. The smallest absolute Gasteiger partial charge is 0.407 e. The molecule has 0 spiro atoms. The number of sulfonamides is 1. The van der Waals surface area contributed by atoms with Gasteiger partial charge in [0.2, 0.25) is 0 Å². The maximum absolute atomic E-state index is 13.8. The normalized spacial score (nSPS) is 15.2. The van der Waals surface area contributed by atoms with E-state index in [2.05, 4.69) is 10.3 Å². The second-order valence-electron chi connectivity index (χ2n) is 9.36. The number of benzene rings is 2. The van der Waals surface area contributed by atoms with Gasteiger partial charge >= 0.3 is 6.09 Å². The molecular weight excluding hydrogens is 549 g/mol. The Hall–Kier alpha value is -3.14. The fraction of sp³-hybridized carbons (Fsp3) is 0.296. The molecule has 1 aromatic heterocycles. The molecule has 1 aliphatic rings. The zero-order chi connectivity index (χ0) is 27.6. The number of carbonyl (C=O) groups is 2. The standard InChI is InChI=1S/C27H27Cl2N3O5S/c1-16(2)37-27(34)31-19-13-23-24(32(15-19)38(35,36)20-7-4-6-17(3)10-20)11-18(14-30-23)12-25(33)26-21(28)8-5-9-22(26)29/h4-11,14,16,19H,12-13,15H2,1-3H3,(H,31,34)/t19-/m1/s1. The molecule has 1 atom stereocenters. The van der Waals surface area contributed by atoms with Crippen LogP contribution in [-0.2, 0) is 27.6 Å². The van der Waals surface area contributed by atoms with Gasteiger partial charge in [-0.05, 0) is 62.2 Å². The first-order valence-corrected chi connectivity index (χ1v) is 14.2. The number of rotatable bonds is 7. The molecule has 0 saturated carbocycles. The van der Waals surface area contributed by atoms with Gasteiger partial charge in [0.1, 0.15) is 0 Å². The van der Waals surface area contributed by atoms with E-state index < -0.39 is 22.2 Å². The zero-order valence-corrected chi connectivity index (χ0v) is 23.4. The lowest BCUT2D eigenvalue weighted by atomic mass is 10.0. The molecule has 0 aliphatic carbocycles. The summed E-state index contributed by atoms with van der Waals surface area (Å²) in [5, 5.41) is 3.22. The van der Waals surface area contributed by atoms with Gasteiger partial charge in [-0.15, -0.1) is 0 Å². The quantitative estimate of drug-likeness (QED) is 0.379. The predicted molar refractivity (Wildman–Crippen MR) is 147 cm³/mol. The fourth-order valence-corrected chi connectivity index (χ4v) is 6.51. The average molecular weight is 577 g/mol. The van der Waals surface area contributed by atoms with E-state index in [-0.39, 0.29) is 51.8 Å². The van der Waals surface area contributed by atoms with Crippen LogP contribution >= 0.6 is 23.2 Å². The van der Waals surface area contributed by atoms with E-state index in [0.717, 1.165) is 5.56 Å². The highest BCUT2D eigenvalue weighted by atomic mass is 35.5. The number of pyridine rings is 1. The van der Waals surface area contributed by atoms with Crippen LogP contribution in [0.1, 0.15) is 41.0 Å². The van der Waals surface area contributed by atoms with Gasteiger partial charge in [-0.25, -0.2) is 13.2 Å². The van der Waals surface area contributed by atoms with Crippen molar-refractivity contribution in [3.05, 3.63) is 87.2 Å². The van der Waals surface area contributed by atoms with E-state index >= 15 is 0 Å². The van der Waals surface area contributed by atoms with E-state index in [1.807, 2.05) is 0 Å². The fourth-order valence-electron chi connectivity index (χ4n) is 4.27. The summed E-state index contributed by atoms with van der Waals surface area (Å²) in [5.41, 5.74) is 2.30. The Bertz CT molecular complexity index is 1470. The molecule has 0 fully saturated rings. The van der Waals surface area contributed by atoms with Crippen LogP contribution in [0.5, 0.6) is 0 Å². The maximum Gasteiger partial charge on any atom is 0.407 e. The lowest BCUT2D eigenvalue weighted by Gasteiger charge is -2.35. The monoisotopic (exact) mass is 575 g/mol. The van der Waals surface area contributed by atoms with Gasteiger partial charge in [-0.2, -0.15) is 0 Å². The van der Waals surface area contributed by atoms with Crippen LogP contribution in [0.2, 0.25) is 10.0 Å². The summed E-state index contributed by atoms with van der Waals surface area (Å²) in [4.78, 5) is 29.9.